The number of nitrogens with zero attached hydrogens (tertiary/aromatic N) is 4. The first-order valence-electron chi connectivity index (χ1n) is 10.1. The van der Waals surface area contributed by atoms with Gasteiger partial charge in [0.1, 0.15) is 5.69 Å². The molecule has 6 nitrogen and oxygen atoms in total. The zero-order valence-corrected chi connectivity index (χ0v) is 17.5. The largest absolute Gasteiger partial charge is 0.336 e. The van der Waals surface area contributed by atoms with Crippen molar-refractivity contribution in [2.24, 2.45) is 5.92 Å². The number of rotatable bonds is 3. The number of thioether (sulfide) groups is 1. The number of likely N-dealkylation sites (tertiary alicyclic amines) is 1. The molecule has 1 amide bonds. The van der Waals surface area contributed by atoms with Crippen LogP contribution in [0.25, 0.3) is 11.1 Å². The molecular formula is C23H22N4O2S. The van der Waals surface area contributed by atoms with Crippen molar-refractivity contribution >= 4 is 17.7 Å². The van der Waals surface area contributed by atoms with E-state index < -0.39 is 0 Å². The summed E-state index contributed by atoms with van der Waals surface area (Å²) in [5.74, 6) is 0.349. The molecule has 2 aliphatic heterocycles. The number of hydrogen-bond donors (Lipinski definition) is 0. The quantitative estimate of drug-likeness (QED) is 0.611. The van der Waals surface area contributed by atoms with Crippen LogP contribution in [0, 0.1) is 5.92 Å². The minimum absolute atomic E-state index is 0.0628. The maximum absolute atomic E-state index is 13.3. The average molecular weight is 419 g/mol. The molecule has 2 aliphatic rings. The number of aromatic nitrogens is 3. The molecule has 152 valence electrons. The summed E-state index contributed by atoms with van der Waals surface area (Å²) in [6, 6.07) is 12.1. The van der Waals surface area contributed by atoms with Crippen LogP contribution in [0.5, 0.6) is 0 Å². The van der Waals surface area contributed by atoms with Crippen LogP contribution in [0.4, 0.5) is 0 Å². The number of hydrogen-bond acceptors (Lipinski definition) is 5. The minimum Gasteiger partial charge on any atom is -0.336 e. The summed E-state index contributed by atoms with van der Waals surface area (Å²) in [4.78, 5) is 37.4. The third-order valence-electron chi connectivity index (χ3n) is 6.07. The second kappa shape index (κ2) is 7.72. The van der Waals surface area contributed by atoms with E-state index in [1.54, 1.807) is 24.2 Å². The highest BCUT2D eigenvalue weighted by atomic mass is 32.2. The standard InChI is InChI=1S/C23H22N4O2S/c1-30-18-4-2-16(3-5-18)19-6-7-21-17-10-15(13-27(21)22(19)28)12-26(14-17)23(29)20-11-24-8-9-25-20/h2-9,11,15,17H,10,12-14H2,1H3/t15-,17+/m0/s1. The fraction of sp³-hybridized carbons (Fsp3) is 0.304. The summed E-state index contributed by atoms with van der Waals surface area (Å²) in [5.41, 5.74) is 3.14. The summed E-state index contributed by atoms with van der Waals surface area (Å²) < 4.78 is 1.93. The number of carbonyl (C=O) groups is 1. The Morgan fingerprint density at radius 3 is 2.63 bits per heavy atom. The topological polar surface area (TPSA) is 68.1 Å². The highest BCUT2D eigenvalue weighted by Gasteiger charge is 2.37. The van der Waals surface area contributed by atoms with Gasteiger partial charge in [-0.3, -0.25) is 14.6 Å². The van der Waals surface area contributed by atoms with Crippen LogP contribution in [0.3, 0.4) is 0 Å². The van der Waals surface area contributed by atoms with Crippen LogP contribution in [-0.4, -0.2) is 44.7 Å². The molecule has 5 rings (SSSR count). The van der Waals surface area contributed by atoms with Gasteiger partial charge in [0.25, 0.3) is 11.5 Å². The van der Waals surface area contributed by atoms with Crippen molar-refractivity contribution in [1.29, 1.82) is 0 Å². The van der Waals surface area contributed by atoms with Gasteiger partial charge in [-0.05, 0) is 48.4 Å². The first-order chi connectivity index (χ1) is 14.6. The van der Waals surface area contributed by atoms with Gasteiger partial charge in [0.15, 0.2) is 0 Å². The summed E-state index contributed by atoms with van der Waals surface area (Å²) in [5, 5.41) is 0. The maximum Gasteiger partial charge on any atom is 0.274 e. The van der Waals surface area contributed by atoms with Crippen molar-refractivity contribution in [3.8, 4) is 11.1 Å². The maximum atomic E-state index is 13.3. The smallest absolute Gasteiger partial charge is 0.274 e. The molecule has 0 aliphatic carbocycles. The van der Waals surface area contributed by atoms with Crippen molar-refractivity contribution in [1.82, 2.24) is 19.4 Å². The van der Waals surface area contributed by atoms with E-state index in [1.807, 2.05) is 46.1 Å². The van der Waals surface area contributed by atoms with E-state index in [1.165, 1.54) is 11.1 Å². The Morgan fingerprint density at radius 2 is 1.90 bits per heavy atom. The SMILES string of the molecule is CSc1ccc(-c2ccc3n(c2=O)C[C@H]2C[C@@H]3CN(C(=O)c3cnccn3)C2)cc1. The zero-order chi connectivity index (χ0) is 20.7. The van der Waals surface area contributed by atoms with Gasteiger partial charge in [-0.2, -0.15) is 0 Å². The molecule has 0 radical (unpaired) electrons. The lowest BCUT2D eigenvalue weighted by Crippen LogP contribution is -2.49. The van der Waals surface area contributed by atoms with Gasteiger partial charge in [-0.1, -0.05) is 12.1 Å². The molecule has 0 saturated carbocycles. The van der Waals surface area contributed by atoms with Gasteiger partial charge >= 0.3 is 0 Å². The Kier molecular flexibility index (Phi) is 4.90. The molecule has 7 heteroatoms. The van der Waals surface area contributed by atoms with Gasteiger partial charge in [-0.25, -0.2) is 4.98 Å². The van der Waals surface area contributed by atoms with Crippen LogP contribution < -0.4 is 5.56 Å². The summed E-state index contributed by atoms with van der Waals surface area (Å²) in [7, 11) is 0. The van der Waals surface area contributed by atoms with E-state index in [9.17, 15) is 9.59 Å². The number of amides is 1. The Morgan fingerprint density at radius 1 is 1.07 bits per heavy atom. The predicted octanol–water partition coefficient (Wildman–Crippen LogP) is 3.29. The second-order valence-electron chi connectivity index (χ2n) is 7.92. The molecule has 2 aromatic heterocycles. The fourth-order valence-corrected chi connectivity index (χ4v) is 5.08. The second-order valence-corrected chi connectivity index (χ2v) is 8.80. The molecule has 30 heavy (non-hydrogen) atoms. The third kappa shape index (κ3) is 3.33. The molecule has 3 aromatic rings. The van der Waals surface area contributed by atoms with E-state index >= 15 is 0 Å². The number of benzene rings is 1. The van der Waals surface area contributed by atoms with Crippen molar-refractivity contribution in [3.05, 3.63) is 76.7 Å². The molecule has 2 atom stereocenters. The van der Waals surface area contributed by atoms with E-state index in [2.05, 4.69) is 16.0 Å². The predicted molar refractivity (Wildman–Crippen MR) is 117 cm³/mol. The molecule has 2 bridgehead atoms. The Balaban J connectivity index is 1.45. The lowest BCUT2D eigenvalue weighted by atomic mass is 9.82. The van der Waals surface area contributed by atoms with Gasteiger partial charge < -0.3 is 9.47 Å². The van der Waals surface area contributed by atoms with E-state index in [0.29, 0.717) is 25.3 Å². The number of pyridine rings is 1. The van der Waals surface area contributed by atoms with Crippen molar-refractivity contribution < 1.29 is 4.79 Å². The number of fused-ring (bicyclic) bond motifs is 4. The van der Waals surface area contributed by atoms with Gasteiger partial charge in [-0.15, -0.1) is 11.8 Å². The number of piperidine rings is 1. The third-order valence-corrected chi connectivity index (χ3v) is 6.82. The molecule has 1 aromatic carbocycles. The molecular weight excluding hydrogens is 396 g/mol. The molecule has 1 fully saturated rings. The van der Waals surface area contributed by atoms with Crippen LogP contribution in [0.2, 0.25) is 0 Å². The first kappa shape index (κ1) is 19.1. The lowest BCUT2D eigenvalue weighted by molar-refractivity contribution is 0.0588. The van der Waals surface area contributed by atoms with Crippen LogP contribution >= 0.6 is 11.8 Å². The molecule has 1 saturated heterocycles. The highest BCUT2D eigenvalue weighted by Crippen LogP contribution is 2.36. The number of carbonyl (C=O) groups excluding carboxylic acids is 1. The van der Waals surface area contributed by atoms with Gasteiger partial charge in [0.05, 0.1) is 6.20 Å². The molecule has 0 N–H and O–H groups in total. The van der Waals surface area contributed by atoms with E-state index in [4.69, 9.17) is 0 Å². The fourth-order valence-electron chi connectivity index (χ4n) is 4.67. The van der Waals surface area contributed by atoms with Crippen LogP contribution in [0.1, 0.15) is 28.5 Å². The highest BCUT2D eigenvalue weighted by molar-refractivity contribution is 7.98. The monoisotopic (exact) mass is 418 g/mol. The van der Waals surface area contributed by atoms with Crippen LogP contribution in [-0.2, 0) is 6.54 Å². The summed E-state index contributed by atoms with van der Waals surface area (Å²) >= 11 is 1.69. The zero-order valence-electron chi connectivity index (χ0n) is 16.7. The van der Waals surface area contributed by atoms with Crippen molar-refractivity contribution in [2.45, 2.75) is 23.8 Å². The summed E-state index contributed by atoms with van der Waals surface area (Å²) in [6.45, 7) is 1.89. The van der Waals surface area contributed by atoms with Crippen molar-refractivity contribution in [2.75, 3.05) is 19.3 Å². The Bertz CT molecular complexity index is 1140. The van der Waals surface area contributed by atoms with Gasteiger partial charge in [0.2, 0.25) is 0 Å². The summed E-state index contributed by atoms with van der Waals surface area (Å²) in [6.07, 6.45) is 7.67. The van der Waals surface area contributed by atoms with Gasteiger partial charge in [0, 0.05) is 54.1 Å². The van der Waals surface area contributed by atoms with Crippen LogP contribution in [0.15, 0.2) is 64.7 Å². The lowest BCUT2D eigenvalue weighted by Gasteiger charge is -2.42. The minimum atomic E-state index is -0.0842. The van der Waals surface area contributed by atoms with E-state index in [0.717, 1.165) is 23.2 Å². The normalized spacial score (nSPS) is 20.0. The first-order valence-corrected chi connectivity index (χ1v) is 11.3. The Hall–Kier alpha value is -2.93. The molecule has 0 unspecified atom stereocenters. The van der Waals surface area contributed by atoms with Crippen molar-refractivity contribution in [3.63, 3.8) is 0 Å². The molecule has 0 spiro atoms. The average Bonchev–Trinajstić information content (AvgIpc) is 2.80. The molecule has 4 heterocycles. The Labute approximate surface area is 179 Å². The van der Waals surface area contributed by atoms with E-state index in [-0.39, 0.29) is 23.3 Å².